The molecule has 1 amide bonds. The van der Waals surface area contributed by atoms with E-state index in [2.05, 4.69) is 5.32 Å². The molecule has 3 nitrogen and oxygen atoms in total. The molecule has 0 heterocycles. The van der Waals surface area contributed by atoms with Crippen LogP contribution in [-0.4, -0.2) is 18.6 Å². The van der Waals surface area contributed by atoms with Crippen molar-refractivity contribution in [3.8, 4) is 0 Å². The zero-order valence-corrected chi connectivity index (χ0v) is 12.0. The number of fused-ring (bicyclic) bond motifs is 1. The van der Waals surface area contributed by atoms with Gasteiger partial charge in [0.05, 0.1) is 12.3 Å². The minimum Gasteiger partial charge on any atom is -0.449 e. The molecule has 20 heavy (non-hydrogen) atoms. The highest BCUT2D eigenvalue weighted by molar-refractivity contribution is 6.17. The molecule has 0 spiro atoms. The lowest BCUT2D eigenvalue weighted by molar-refractivity contribution is 0.159. The van der Waals surface area contributed by atoms with Crippen LogP contribution in [0.2, 0.25) is 0 Å². The second-order valence-corrected chi connectivity index (χ2v) is 4.92. The maximum Gasteiger partial charge on any atom is 0.411 e. The van der Waals surface area contributed by atoms with Crippen LogP contribution in [0.4, 0.5) is 10.5 Å². The second kappa shape index (κ2) is 7.75. The van der Waals surface area contributed by atoms with Crippen molar-refractivity contribution in [2.75, 3.05) is 17.8 Å². The Kier molecular flexibility index (Phi) is 5.69. The molecule has 4 heteroatoms. The number of alkyl halides is 1. The molecule has 106 valence electrons. The van der Waals surface area contributed by atoms with Gasteiger partial charge in [-0.25, -0.2) is 4.79 Å². The van der Waals surface area contributed by atoms with Crippen molar-refractivity contribution in [3.05, 3.63) is 42.5 Å². The Labute approximate surface area is 123 Å². The highest BCUT2D eigenvalue weighted by Crippen LogP contribution is 2.22. The zero-order valence-electron chi connectivity index (χ0n) is 11.3. The van der Waals surface area contributed by atoms with Crippen molar-refractivity contribution in [2.45, 2.75) is 19.3 Å². The number of hydrogen-bond donors (Lipinski definition) is 1. The van der Waals surface area contributed by atoms with Gasteiger partial charge in [0.2, 0.25) is 0 Å². The van der Waals surface area contributed by atoms with Crippen LogP contribution < -0.4 is 5.32 Å². The van der Waals surface area contributed by atoms with Crippen molar-refractivity contribution in [1.29, 1.82) is 0 Å². The van der Waals surface area contributed by atoms with Crippen LogP contribution in [-0.2, 0) is 4.74 Å². The van der Waals surface area contributed by atoms with Crippen molar-refractivity contribution in [3.63, 3.8) is 0 Å². The molecule has 0 saturated carbocycles. The lowest BCUT2D eigenvalue weighted by Crippen LogP contribution is -2.14. The lowest BCUT2D eigenvalue weighted by Gasteiger charge is -2.09. The van der Waals surface area contributed by atoms with E-state index < -0.39 is 6.09 Å². The van der Waals surface area contributed by atoms with E-state index in [0.717, 1.165) is 35.7 Å². The molecule has 0 unspecified atom stereocenters. The first-order valence-corrected chi connectivity index (χ1v) is 7.32. The molecule has 0 aliphatic heterocycles. The average Bonchev–Trinajstić information content (AvgIpc) is 2.47. The Morgan fingerprint density at radius 2 is 1.85 bits per heavy atom. The van der Waals surface area contributed by atoms with E-state index in [1.807, 2.05) is 42.5 Å². The summed E-state index contributed by atoms with van der Waals surface area (Å²) < 4.78 is 5.15. The molecular weight excluding hydrogens is 274 g/mol. The van der Waals surface area contributed by atoms with Gasteiger partial charge in [-0.15, -0.1) is 11.6 Å². The molecule has 0 aromatic heterocycles. The van der Waals surface area contributed by atoms with Gasteiger partial charge in [-0.3, -0.25) is 5.32 Å². The summed E-state index contributed by atoms with van der Waals surface area (Å²) in [7, 11) is 0. The molecule has 2 aromatic carbocycles. The smallest absolute Gasteiger partial charge is 0.411 e. The summed E-state index contributed by atoms with van der Waals surface area (Å²) in [6, 6.07) is 13.7. The van der Waals surface area contributed by atoms with Crippen LogP contribution >= 0.6 is 11.6 Å². The quantitative estimate of drug-likeness (QED) is 0.613. The van der Waals surface area contributed by atoms with Crippen molar-refractivity contribution in [2.24, 2.45) is 0 Å². The second-order valence-electron chi connectivity index (χ2n) is 4.54. The Hall–Kier alpha value is -1.74. The Morgan fingerprint density at radius 3 is 2.70 bits per heavy atom. The van der Waals surface area contributed by atoms with E-state index in [4.69, 9.17) is 16.3 Å². The SMILES string of the molecule is O=C(Nc1cccc2ccccc12)OCCCCCCl. The van der Waals surface area contributed by atoms with E-state index in [-0.39, 0.29) is 0 Å². The van der Waals surface area contributed by atoms with Crippen molar-refractivity contribution in [1.82, 2.24) is 0 Å². The number of rotatable bonds is 6. The molecule has 0 radical (unpaired) electrons. The molecule has 0 aliphatic rings. The molecule has 0 aliphatic carbocycles. The molecule has 1 N–H and O–H groups in total. The van der Waals surface area contributed by atoms with Gasteiger partial charge in [0.15, 0.2) is 0 Å². The molecule has 0 fully saturated rings. The largest absolute Gasteiger partial charge is 0.449 e. The number of halogens is 1. The van der Waals surface area contributed by atoms with Crippen LogP contribution in [0.3, 0.4) is 0 Å². The minimum atomic E-state index is -0.410. The van der Waals surface area contributed by atoms with Gasteiger partial charge in [0.25, 0.3) is 0 Å². The number of nitrogens with one attached hydrogen (secondary N) is 1. The topological polar surface area (TPSA) is 38.3 Å². The average molecular weight is 292 g/mol. The van der Waals surface area contributed by atoms with Gasteiger partial charge in [-0.05, 0) is 30.7 Å². The Morgan fingerprint density at radius 1 is 1.05 bits per heavy atom. The molecular formula is C16H18ClNO2. The van der Waals surface area contributed by atoms with Gasteiger partial charge in [0.1, 0.15) is 0 Å². The molecule has 2 aromatic rings. The van der Waals surface area contributed by atoms with E-state index in [1.54, 1.807) is 0 Å². The fraction of sp³-hybridized carbons (Fsp3) is 0.312. The van der Waals surface area contributed by atoms with Crippen LogP contribution in [0.25, 0.3) is 10.8 Å². The number of benzene rings is 2. The third kappa shape index (κ3) is 4.14. The van der Waals surface area contributed by atoms with Gasteiger partial charge >= 0.3 is 6.09 Å². The standard InChI is InChI=1S/C16H18ClNO2/c17-11-4-1-5-12-20-16(19)18-15-10-6-8-13-7-2-3-9-14(13)15/h2-3,6-10H,1,4-5,11-12H2,(H,18,19). The molecule has 0 bridgehead atoms. The van der Waals surface area contributed by atoms with Crippen LogP contribution in [0.15, 0.2) is 42.5 Å². The molecule has 0 atom stereocenters. The summed E-state index contributed by atoms with van der Waals surface area (Å²) in [6.45, 7) is 0.424. The summed E-state index contributed by atoms with van der Waals surface area (Å²) in [5, 5.41) is 4.89. The van der Waals surface area contributed by atoms with Crippen molar-refractivity contribution < 1.29 is 9.53 Å². The van der Waals surface area contributed by atoms with Crippen molar-refractivity contribution >= 4 is 34.2 Å². The third-order valence-electron chi connectivity index (χ3n) is 3.04. The van der Waals surface area contributed by atoms with Crippen LogP contribution in [0.1, 0.15) is 19.3 Å². The van der Waals surface area contributed by atoms with Gasteiger partial charge in [0, 0.05) is 11.3 Å². The Balaban J connectivity index is 1.90. The maximum absolute atomic E-state index is 11.7. The zero-order chi connectivity index (χ0) is 14.2. The number of unbranched alkanes of at least 4 members (excludes halogenated alkanes) is 2. The van der Waals surface area contributed by atoms with E-state index >= 15 is 0 Å². The normalized spacial score (nSPS) is 10.4. The number of hydrogen-bond acceptors (Lipinski definition) is 2. The van der Waals surface area contributed by atoms with Gasteiger partial charge in [-0.1, -0.05) is 36.4 Å². The maximum atomic E-state index is 11.7. The third-order valence-corrected chi connectivity index (χ3v) is 3.30. The summed E-state index contributed by atoms with van der Waals surface area (Å²) in [4.78, 5) is 11.7. The van der Waals surface area contributed by atoms with Gasteiger partial charge in [-0.2, -0.15) is 0 Å². The number of anilines is 1. The number of carbonyl (C=O) groups is 1. The predicted octanol–water partition coefficient (Wildman–Crippen LogP) is 4.80. The monoisotopic (exact) mass is 291 g/mol. The first-order chi connectivity index (χ1) is 9.81. The first kappa shape index (κ1) is 14.7. The van der Waals surface area contributed by atoms with Crippen LogP contribution in [0.5, 0.6) is 0 Å². The summed E-state index contributed by atoms with van der Waals surface area (Å²) >= 11 is 5.59. The van der Waals surface area contributed by atoms with E-state index in [1.165, 1.54) is 0 Å². The molecule has 2 rings (SSSR count). The lowest BCUT2D eigenvalue weighted by atomic mass is 10.1. The summed E-state index contributed by atoms with van der Waals surface area (Å²) in [6.07, 6.45) is 2.36. The first-order valence-electron chi connectivity index (χ1n) is 6.79. The Bertz CT molecular complexity index is 566. The van der Waals surface area contributed by atoms with Gasteiger partial charge < -0.3 is 4.74 Å². The van der Waals surface area contributed by atoms with E-state index in [0.29, 0.717) is 12.5 Å². The van der Waals surface area contributed by atoms with E-state index in [9.17, 15) is 4.79 Å². The number of carbonyl (C=O) groups excluding carboxylic acids is 1. The number of ether oxygens (including phenoxy) is 1. The number of amides is 1. The molecule has 0 saturated heterocycles. The predicted molar refractivity (Wildman–Crippen MR) is 83.5 cm³/mol. The summed E-state index contributed by atoms with van der Waals surface area (Å²) in [5.41, 5.74) is 0.772. The fourth-order valence-corrected chi connectivity index (χ4v) is 2.21. The fourth-order valence-electron chi connectivity index (χ4n) is 2.02. The summed E-state index contributed by atoms with van der Waals surface area (Å²) in [5.74, 6) is 0.655. The van der Waals surface area contributed by atoms with Crippen LogP contribution in [0, 0.1) is 0 Å². The highest BCUT2D eigenvalue weighted by Gasteiger charge is 2.05. The minimum absolute atomic E-state index is 0.410. The highest BCUT2D eigenvalue weighted by atomic mass is 35.5.